The van der Waals surface area contributed by atoms with Crippen molar-refractivity contribution < 1.29 is 24.2 Å². The van der Waals surface area contributed by atoms with Crippen molar-refractivity contribution in [3.05, 3.63) is 17.7 Å². The SMILES string of the molecule is COc1cc2c(cc1OC)C(C(C(=O)O)C(C)(C)C)CCC(=O)N2. The fraction of sp³-hybridized carbons (Fsp3) is 0.556. The zero-order valence-electron chi connectivity index (χ0n) is 14.8. The average molecular weight is 335 g/mol. The molecule has 1 aromatic carbocycles. The minimum Gasteiger partial charge on any atom is -0.493 e. The number of hydrogen-bond donors (Lipinski definition) is 2. The molecule has 0 radical (unpaired) electrons. The Bertz CT molecular complexity index is 648. The molecule has 2 rings (SSSR count). The van der Waals surface area contributed by atoms with E-state index in [1.807, 2.05) is 20.8 Å². The number of carboxylic acids is 1. The lowest BCUT2D eigenvalue weighted by atomic mass is 9.69. The maximum Gasteiger partial charge on any atom is 0.307 e. The lowest BCUT2D eigenvalue weighted by molar-refractivity contribution is -0.147. The van der Waals surface area contributed by atoms with Crippen LogP contribution in [0.3, 0.4) is 0 Å². The molecule has 0 saturated carbocycles. The topological polar surface area (TPSA) is 84.9 Å². The van der Waals surface area contributed by atoms with E-state index in [9.17, 15) is 14.7 Å². The van der Waals surface area contributed by atoms with Gasteiger partial charge in [-0.25, -0.2) is 0 Å². The van der Waals surface area contributed by atoms with E-state index >= 15 is 0 Å². The van der Waals surface area contributed by atoms with Gasteiger partial charge in [0.25, 0.3) is 0 Å². The summed E-state index contributed by atoms with van der Waals surface area (Å²) in [4.78, 5) is 24.0. The second-order valence-corrected chi connectivity index (χ2v) is 7.17. The van der Waals surface area contributed by atoms with Crippen molar-refractivity contribution in [2.45, 2.75) is 39.5 Å². The van der Waals surface area contributed by atoms with Crippen LogP contribution in [0.4, 0.5) is 5.69 Å². The number of anilines is 1. The summed E-state index contributed by atoms with van der Waals surface area (Å²) in [5, 5.41) is 12.7. The highest BCUT2D eigenvalue weighted by molar-refractivity contribution is 5.93. The zero-order valence-corrected chi connectivity index (χ0v) is 14.8. The minimum absolute atomic E-state index is 0.121. The molecule has 6 nitrogen and oxygen atoms in total. The average Bonchev–Trinajstić information content (AvgIpc) is 2.63. The molecule has 1 aliphatic rings. The van der Waals surface area contributed by atoms with Crippen LogP contribution < -0.4 is 14.8 Å². The van der Waals surface area contributed by atoms with Gasteiger partial charge in [-0.2, -0.15) is 0 Å². The second kappa shape index (κ2) is 6.71. The normalized spacial score (nSPS) is 18.9. The Kier molecular flexibility index (Phi) is 5.06. The van der Waals surface area contributed by atoms with Crippen molar-refractivity contribution in [3.8, 4) is 11.5 Å². The van der Waals surface area contributed by atoms with Gasteiger partial charge in [-0.15, -0.1) is 0 Å². The summed E-state index contributed by atoms with van der Waals surface area (Å²) >= 11 is 0. The maximum atomic E-state index is 12.1. The van der Waals surface area contributed by atoms with Crippen LogP contribution in [0.5, 0.6) is 11.5 Å². The van der Waals surface area contributed by atoms with Crippen molar-refractivity contribution in [3.63, 3.8) is 0 Å². The second-order valence-electron chi connectivity index (χ2n) is 7.17. The number of methoxy groups -OCH3 is 2. The van der Waals surface area contributed by atoms with Crippen molar-refractivity contribution >= 4 is 17.6 Å². The molecule has 0 fully saturated rings. The molecule has 2 unspecified atom stereocenters. The quantitative estimate of drug-likeness (QED) is 0.882. The third kappa shape index (κ3) is 3.47. The summed E-state index contributed by atoms with van der Waals surface area (Å²) in [5.41, 5.74) is 0.922. The van der Waals surface area contributed by atoms with Gasteiger partial charge in [-0.05, 0) is 23.5 Å². The molecule has 0 bridgehead atoms. The summed E-state index contributed by atoms with van der Waals surface area (Å²) in [7, 11) is 3.06. The smallest absolute Gasteiger partial charge is 0.307 e. The summed E-state index contributed by atoms with van der Waals surface area (Å²) in [6.07, 6.45) is 0.756. The number of rotatable bonds is 4. The molecule has 132 valence electrons. The lowest BCUT2D eigenvalue weighted by Gasteiger charge is -2.34. The molecule has 0 saturated heterocycles. The number of amides is 1. The van der Waals surface area contributed by atoms with Gasteiger partial charge in [-0.3, -0.25) is 9.59 Å². The van der Waals surface area contributed by atoms with Gasteiger partial charge in [0.15, 0.2) is 11.5 Å². The number of fused-ring (bicyclic) bond motifs is 1. The number of aliphatic carboxylic acids is 1. The molecule has 1 heterocycles. The first kappa shape index (κ1) is 18.1. The lowest BCUT2D eigenvalue weighted by Crippen LogP contribution is -2.34. The summed E-state index contributed by atoms with van der Waals surface area (Å²) in [6.45, 7) is 5.73. The van der Waals surface area contributed by atoms with Crippen LogP contribution in [-0.2, 0) is 9.59 Å². The Morgan fingerprint density at radius 3 is 2.33 bits per heavy atom. The van der Waals surface area contributed by atoms with Crippen molar-refractivity contribution in [1.29, 1.82) is 0 Å². The third-order valence-corrected chi connectivity index (χ3v) is 4.51. The molecule has 24 heavy (non-hydrogen) atoms. The van der Waals surface area contributed by atoms with Crippen LogP contribution in [0, 0.1) is 11.3 Å². The molecular formula is C18H25NO5. The summed E-state index contributed by atoms with van der Waals surface area (Å²) < 4.78 is 10.7. The monoisotopic (exact) mass is 335 g/mol. The zero-order chi connectivity index (χ0) is 18.1. The van der Waals surface area contributed by atoms with Crippen LogP contribution in [0.2, 0.25) is 0 Å². The Labute approximate surface area is 142 Å². The molecule has 1 amide bonds. The van der Waals surface area contributed by atoms with Crippen molar-refractivity contribution in [2.75, 3.05) is 19.5 Å². The summed E-state index contributed by atoms with van der Waals surface area (Å²) in [5.74, 6) is -0.875. The first-order valence-corrected chi connectivity index (χ1v) is 7.97. The van der Waals surface area contributed by atoms with Gasteiger partial charge >= 0.3 is 5.97 Å². The Hall–Kier alpha value is -2.24. The molecule has 2 N–H and O–H groups in total. The molecule has 2 atom stereocenters. The van der Waals surface area contributed by atoms with Gasteiger partial charge in [0, 0.05) is 24.1 Å². The molecule has 1 aromatic rings. The highest BCUT2D eigenvalue weighted by atomic mass is 16.5. The molecule has 1 aliphatic heterocycles. The number of carbonyl (C=O) groups is 2. The van der Waals surface area contributed by atoms with Gasteiger partial charge < -0.3 is 19.9 Å². The minimum atomic E-state index is -0.859. The molecule has 0 aromatic heterocycles. The van der Waals surface area contributed by atoms with E-state index < -0.39 is 17.3 Å². The Morgan fingerprint density at radius 1 is 1.25 bits per heavy atom. The number of carboxylic acid groups (broad SMARTS) is 1. The summed E-state index contributed by atoms with van der Waals surface area (Å²) in [6, 6.07) is 3.48. The Morgan fingerprint density at radius 2 is 1.83 bits per heavy atom. The van der Waals surface area contributed by atoms with Gasteiger partial charge in [0.1, 0.15) is 0 Å². The molecular weight excluding hydrogens is 310 g/mol. The predicted molar refractivity (Wildman–Crippen MR) is 90.7 cm³/mol. The van der Waals surface area contributed by atoms with Gasteiger partial charge in [-0.1, -0.05) is 20.8 Å². The van der Waals surface area contributed by atoms with Crippen molar-refractivity contribution in [2.24, 2.45) is 11.3 Å². The number of nitrogens with one attached hydrogen (secondary N) is 1. The van der Waals surface area contributed by atoms with Crippen LogP contribution >= 0.6 is 0 Å². The highest BCUT2D eigenvalue weighted by Gasteiger charge is 2.41. The number of hydrogen-bond acceptors (Lipinski definition) is 4. The van der Waals surface area contributed by atoms with E-state index in [1.54, 1.807) is 12.1 Å². The van der Waals surface area contributed by atoms with E-state index in [-0.39, 0.29) is 18.2 Å². The van der Waals surface area contributed by atoms with Gasteiger partial charge in [0.05, 0.1) is 20.1 Å². The van der Waals surface area contributed by atoms with Gasteiger partial charge in [0.2, 0.25) is 5.91 Å². The molecule has 0 aliphatic carbocycles. The van der Waals surface area contributed by atoms with Crippen LogP contribution in [0.15, 0.2) is 12.1 Å². The largest absolute Gasteiger partial charge is 0.493 e. The number of ether oxygens (including phenoxy) is 2. The fourth-order valence-corrected chi connectivity index (χ4v) is 3.46. The molecule has 6 heteroatoms. The third-order valence-electron chi connectivity index (χ3n) is 4.51. The Balaban J connectivity index is 2.64. The first-order valence-electron chi connectivity index (χ1n) is 7.97. The predicted octanol–water partition coefficient (Wildman–Crippen LogP) is 3.27. The standard InChI is InChI=1S/C18H25NO5/c1-18(2,3)16(17(21)22)10-6-7-15(20)19-12-9-14(24-5)13(23-4)8-11(10)12/h8-10,16H,6-7H2,1-5H3,(H,19,20)(H,21,22). The van der Waals surface area contributed by atoms with Crippen LogP contribution in [-0.4, -0.2) is 31.2 Å². The van der Waals surface area contributed by atoms with Crippen LogP contribution in [0.1, 0.15) is 45.1 Å². The number of benzene rings is 1. The first-order chi connectivity index (χ1) is 11.2. The van der Waals surface area contributed by atoms with E-state index in [4.69, 9.17) is 9.47 Å². The highest BCUT2D eigenvalue weighted by Crippen LogP contribution is 2.47. The number of carbonyl (C=O) groups excluding carboxylic acids is 1. The maximum absolute atomic E-state index is 12.1. The fourth-order valence-electron chi connectivity index (χ4n) is 3.46. The van der Waals surface area contributed by atoms with Crippen molar-refractivity contribution in [1.82, 2.24) is 0 Å². The van der Waals surface area contributed by atoms with E-state index in [0.717, 1.165) is 5.56 Å². The van der Waals surface area contributed by atoms with E-state index in [1.165, 1.54) is 14.2 Å². The van der Waals surface area contributed by atoms with Crippen LogP contribution in [0.25, 0.3) is 0 Å². The molecule has 0 spiro atoms. The van der Waals surface area contributed by atoms with E-state index in [0.29, 0.717) is 23.6 Å². The van der Waals surface area contributed by atoms with E-state index in [2.05, 4.69) is 5.32 Å².